The van der Waals surface area contributed by atoms with Crippen LogP contribution in [0.1, 0.15) is 24.1 Å². The number of hydrogen-bond acceptors (Lipinski definition) is 4. The van der Waals surface area contributed by atoms with Crippen molar-refractivity contribution in [2.75, 3.05) is 13.7 Å². The van der Waals surface area contributed by atoms with E-state index < -0.39 is 0 Å². The molecule has 1 atom stereocenters. The molecule has 0 aliphatic rings. The van der Waals surface area contributed by atoms with Crippen LogP contribution in [-0.2, 0) is 6.42 Å². The number of phenolic OH excluding ortho intramolecular Hbond substituents is 2. The topological polar surface area (TPSA) is 61.7 Å². The first kappa shape index (κ1) is 15.2. The maximum atomic E-state index is 9.83. The summed E-state index contributed by atoms with van der Waals surface area (Å²) in [5.74, 6) is 1.22. The molecule has 21 heavy (non-hydrogen) atoms. The van der Waals surface area contributed by atoms with Crippen LogP contribution in [0, 0.1) is 0 Å². The zero-order valence-corrected chi connectivity index (χ0v) is 12.3. The van der Waals surface area contributed by atoms with Crippen molar-refractivity contribution in [1.82, 2.24) is 5.32 Å². The molecule has 0 amide bonds. The largest absolute Gasteiger partial charge is 0.508 e. The minimum Gasteiger partial charge on any atom is -0.508 e. The van der Waals surface area contributed by atoms with Crippen LogP contribution in [0.25, 0.3) is 0 Å². The van der Waals surface area contributed by atoms with Crippen molar-refractivity contribution < 1.29 is 14.9 Å². The molecular formula is C17H21NO3. The molecule has 0 saturated carbocycles. The van der Waals surface area contributed by atoms with Gasteiger partial charge in [-0.3, -0.25) is 0 Å². The number of aromatic hydroxyl groups is 2. The molecule has 4 heteroatoms. The van der Waals surface area contributed by atoms with Gasteiger partial charge < -0.3 is 20.3 Å². The predicted octanol–water partition coefficient (Wildman–Crippen LogP) is 3.00. The predicted molar refractivity (Wildman–Crippen MR) is 82.9 cm³/mol. The third kappa shape index (κ3) is 3.89. The molecule has 0 radical (unpaired) electrons. The van der Waals surface area contributed by atoms with Gasteiger partial charge in [0.1, 0.15) is 17.2 Å². The summed E-state index contributed by atoms with van der Waals surface area (Å²) >= 11 is 0. The van der Waals surface area contributed by atoms with E-state index in [0.717, 1.165) is 24.3 Å². The molecule has 0 aliphatic heterocycles. The monoisotopic (exact) mass is 287 g/mol. The molecule has 0 fully saturated rings. The molecule has 0 heterocycles. The molecule has 112 valence electrons. The maximum absolute atomic E-state index is 9.83. The van der Waals surface area contributed by atoms with E-state index >= 15 is 0 Å². The van der Waals surface area contributed by atoms with Crippen molar-refractivity contribution in [2.24, 2.45) is 0 Å². The van der Waals surface area contributed by atoms with E-state index in [1.54, 1.807) is 13.2 Å². The Morgan fingerprint density at radius 2 is 1.90 bits per heavy atom. The Morgan fingerprint density at radius 1 is 1.14 bits per heavy atom. The number of benzene rings is 2. The van der Waals surface area contributed by atoms with Crippen LogP contribution in [0.3, 0.4) is 0 Å². The van der Waals surface area contributed by atoms with Gasteiger partial charge in [0, 0.05) is 11.6 Å². The van der Waals surface area contributed by atoms with Crippen molar-refractivity contribution in [3.05, 3.63) is 53.6 Å². The van der Waals surface area contributed by atoms with Gasteiger partial charge >= 0.3 is 0 Å². The lowest BCUT2D eigenvalue weighted by molar-refractivity contribution is 0.408. The second kappa shape index (κ2) is 6.99. The lowest BCUT2D eigenvalue weighted by atomic mass is 10.1. The summed E-state index contributed by atoms with van der Waals surface area (Å²) in [6, 6.07) is 12.4. The van der Waals surface area contributed by atoms with Crippen LogP contribution in [0.15, 0.2) is 42.5 Å². The summed E-state index contributed by atoms with van der Waals surface area (Å²) in [6.45, 7) is 2.70. The fourth-order valence-electron chi connectivity index (χ4n) is 2.33. The molecule has 2 rings (SSSR count). The van der Waals surface area contributed by atoms with E-state index in [-0.39, 0.29) is 17.5 Å². The Balaban J connectivity index is 1.95. The van der Waals surface area contributed by atoms with Crippen molar-refractivity contribution in [2.45, 2.75) is 19.4 Å². The molecule has 2 aromatic rings. The zero-order valence-electron chi connectivity index (χ0n) is 12.3. The fourth-order valence-corrected chi connectivity index (χ4v) is 2.33. The summed E-state index contributed by atoms with van der Waals surface area (Å²) in [7, 11) is 1.67. The highest BCUT2D eigenvalue weighted by Crippen LogP contribution is 2.27. The number of methoxy groups -OCH3 is 1. The normalized spacial score (nSPS) is 12.1. The third-order valence-corrected chi connectivity index (χ3v) is 3.52. The summed E-state index contributed by atoms with van der Waals surface area (Å²) in [5, 5.41) is 22.7. The average Bonchev–Trinajstić information content (AvgIpc) is 2.50. The molecule has 2 aromatic carbocycles. The van der Waals surface area contributed by atoms with Crippen molar-refractivity contribution in [3.8, 4) is 17.2 Å². The van der Waals surface area contributed by atoms with Crippen molar-refractivity contribution >= 4 is 0 Å². The van der Waals surface area contributed by atoms with Crippen LogP contribution in [0.5, 0.6) is 17.2 Å². The van der Waals surface area contributed by atoms with Gasteiger partial charge in [0.15, 0.2) is 0 Å². The highest BCUT2D eigenvalue weighted by Gasteiger charge is 2.11. The average molecular weight is 287 g/mol. The zero-order chi connectivity index (χ0) is 15.2. The molecule has 3 N–H and O–H groups in total. The highest BCUT2D eigenvalue weighted by molar-refractivity contribution is 5.40. The molecular weight excluding hydrogens is 266 g/mol. The first-order chi connectivity index (χ1) is 10.1. The number of ether oxygens (including phenoxy) is 1. The van der Waals surface area contributed by atoms with Crippen LogP contribution < -0.4 is 10.1 Å². The van der Waals surface area contributed by atoms with Gasteiger partial charge in [-0.05, 0) is 49.7 Å². The molecule has 0 spiro atoms. The second-order valence-corrected chi connectivity index (χ2v) is 4.98. The maximum Gasteiger partial charge on any atom is 0.122 e. The lowest BCUT2D eigenvalue weighted by Crippen LogP contribution is -2.21. The summed E-state index contributed by atoms with van der Waals surface area (Å²) in [5.41, 5.74) is 1.83. The van der Waals surface area contributed by atoms with Crippen LogP contribution in [-0.4, -0.2) is 23.9 Å². The second-order valence-electron chi connectivity index (χ2n) is 4.98. The quantitative estimate of drug-likeness (QED) is 0.715. The van der Waals surface area contributed by atoms with E-state index in [9.17, 15) is 10.2 Å². The summed E-state index contributed by atoms with van der Waals surface area (Å²) in [4.78, 5) is 0. The molecule has 1 unspecified atom stereocenters. The Kier molecular flexibility index (Phi) is 5.06. The number of phenols is 2. The summed E-state index contributed by atoms with van der Waals surface area (Å²) in [6.07, 6.45) is 0.827. The van der Waals surface area contributed by atoms with Gasteiger partial charge in [0.2, 0.25) is 0 Å². The van der Waals surface area contributed by atoms with Gasteiger partial charge in [0.25, 0.3) is 0 Å². The minimum atomic E-state index is -0.0493. The van der Waals surface area contributed by atoms with Crippen LogP contribution in [0.4, 0.5) is 0 Å². The van der Waals surface area contributed by atoms with Crippen LogP contribution >= 0.6 is 0 Å². The van der Waals surface area contributed by atoms with Gasteiger partial charge in [-0.15, -0.1) is 0 Å². The van der Waals surface area contributed by atoms with Gasteiger partial charge in [0.05, 0.1) is 7.11 Å². The Bertz CT molecular complexity index is 598. The molecule has 0 saturated heterocycles. The van der Waals surface area contributed by atoms with Gasteiger partial charge in [-0.25, -0.2) is 0 Å². The highest BCUT2D eigenvalue weighted by atomic mass is 16.5. The Labute approximate surface area is 125 Å². The van der Waals surface area contributed by atoms with Crippen molar-refractivity contribution in [1.29, 1.82) is 0 Å². The fraction of sp³-hybridized carbons (Fsp3) is 0.294. The number of nitrogens with one attached hydrogen (secondary N) is 1. The van der Waals surface area contributed by atoms with E-state index in [1.165, 1.54) is 12.1 Å². The van der Waals surface area contributed by atoms with E-state index in [4.69, 9.17) is 4.74 Å². The Morgan fingerprint density at radius 3 is 2.67 bits per heavy atom. The number of para-hydroxylation sites is 1. The van der Waals surface area contributed by atoms with Gasteiger partial charge in [-0.1, -0.05) is 18.2 Å². The molecule has 0 aliphatic carbocycles. The molecule has 0 aromatic heterocycles. The SMILES string of the molecule is COc1ccccc1CCNC(C)c1cc(O)ccc1O. The Hall–Kier alpha value is -2.20. The van der Waals surface area contributed by atoms with Gasteiger partial charge in [-0.2, -0.15) is 0 Å². The van der Waals surface area contributed by atoms with Crippen molar-refractivity contribution in [3.63, 3.8) is 0 Å². The number of rotatable bonds is 6. The minimum absolute atomic E-state index is 0.0493. The van der Waals surface area contributed by atoms with E-state index in [2.05, 4.69) is 5.32 Å². The molecule has 4 nitrogen and oxygen atoms in total. The first-order valence-corrected chi connectivity index (χ1v) is 6.99. The lowest BCUT2D eigenvalue weighted by Gasteiger charge is -2.16. The standard InChI is InChI=1S/C17H21NO3/c1-12(15-11-14(19)7-8-16(15)20)18-10-9-13-5-3-4-6-17(13)21-2/h3-8,11-12,18-20H,9-10H2,1-2H3. The third-order valence-electron chi connectivity index (χ3n) is 3.52. The van der Waals surface area contributed by atoms with E-state index in [0.29, 0.717) is 5.56 Å². The smallest absolute Gasteiger partial charge is 0.122 e. The number of hydrogen-bond donors (Lipinski definition) is 3. The summed E-state index contributed by atoms with van der Waals surface area (Å²) < 4.78 is 5.32. The molecule has 0 bridgehead atoms. The van der Waals surface area contributed by atoms with E-state index in [1.807, 2.05) is 31.2 Å². The first-order valence-electron chi connectivity index (χ1n) is 6.99. The van der Waals surface area contributed by atoms with Crippen LogP contribution in [0.2, 0.25) is 0 Å².